The first-order chi connectivity index (χ1) is 15.4. The van der Waals surface area contributed by atoms with Crippen LogP contribution in [0, 0.1) is 5.82 Å². The van der Waals surface area contributed by atoms with E-state index in [1.54, 1.807) is 44.6 Å². The van der Waals surface area contributed by atoms with E-state index in [1.165, 1.54) is 24.3 Å². The maximum Gasteiger partial charge on any atom is 0.255 e. The highest BCUT2D eigenvalue weighted by atomic mass is 19.1. The van der Waals surface area contributed by atoms with Crippen molar-refractivity contribution in [2.24, 2.45) is 0 Å². The van der Waals surface area contributed by atoms with Gasteiger partial charge in [0.2, 0.25) is 5.91 Å². The number of hydrogen-bond acceptors (Lipinski definition) is 4. The van der Waals surface area contributed by atoms with E-state index in [2.05, 4.69) is 10.6 Å². The Balaban J connectivity index is 1.58. The van der Waals surface area contributed by atoms with Crippen molar-refractivity contribution in [1.82, 2.24) is 5.32 Å². The highest BCUT2D eigenvalue weighted by molar-refractivity contribution is 6.04. The van der Waals surface area contributed by atoms with E-state index < -0.39 is 5.82 Å². The molecule has 0 aliphatic rings. The van der Waals surface area contributed by atoms with E-state index >= 15 is 0 Å². The zero-order valence-corrected chi connectivity index (χ0v) is 18.1. The van der Waals surface area contributed by atoms with Gasteiger partial charge in [0, 0.05) is 22.9 Å². The van der Waals surface area contributed by atoms with E-state index in [0.29, 0.717) is 22.7 Å². The Labute approximate surface area is 186 Å². The molecule has 2 N–H and O–H groups in total. The van der Waals surface area contributed by atoms with Gasteiger partial charge < -0.3 is 20.1 Å². The van der Waals surface area contributed by atoms with Crippen LogP contribution >= 0.6 is 0 Å². The predicted molar refractivity (Wildman–Crippen MR) is 121 cm³/mol. The monoisotopic (exact) mass is 436 g/mol. The number of nitrogens with one attached hydrogen (secondary N) is 2. The Hall–Kier alpha value is -3.87. The number of methoxy groups -OCH3 is 2. The van der Waals surface area contributed by atoms with Gasteiger partial charge in [-0.05, 0) is 55.0 Å². The molecule has 3 aromatic rings. The number of halogens is 1. The first kappa shape index (κ1) is 22.8. The molecule has 0 heterocycles. The Kier molecular flexibility index (Phi) is 7.44. The van der Waals surface area contributed by atoms with Crippen LogP contribution in [0.2, 0.25) is 0 Å². The standard InChI is InChI=1S/C25H25FN2O4/c1-16(27-24(29)14-19-8-13-22(31-2)15-23(19)32-3)17-6-11-21(12-7-17)28-25(30)18-4-9-20(26)10-5-18/h4-13,15-16H,14H2,1-3H3,(H,27,29)(H,28,30). The molecule has 0 aliphatic heterocycles. The van der Waals surface area contributed by atoms with Crippen molar-refractivity contribution in [3.05, 3.63) is 89.2 Å². The van der Waals surface area contributed by atoms with Crippen molar-refractivity contribution >= 4 is 17.5 Å². The normalized spacial score (nSPS) is 11.4. The quantitative estimate of drug-likeness (QED) is 0.545. The lowest BCUT2D eigenvalue weighted by atomic mass is 10.1. The van der Waals surface area contributed by atoms with E-state index in [4.69, 9.17) is 9.47 Å². The van der Waals surface area contributed by atoms with Crippen LogP contribution in [0.5, 0.6) is 11.5 Å². The summed E-state index contributed by atoms with van der Waals surface area (Å²) in [5, 5.41) is 5.73. The third-order valence-electron chi connectivity index (χ3n) is 5.00. The third kappa shape index (κ3) is 5.85. The molecule has 3 aromatic carbocycles. The zero-order valence-electron chi connectivity index (χ0n) is 18.1. The summed E-state index contributed by atoms with van der Waals surface area (Å²) in [6.45, 7) is 1.88. The summed E-state index contributed by atoms with van der Waals surface area (Å²) in [4.78, 5) is 24.8. The van der Waals surface area contributed by atoms with Gasteiger partial charge in [0.1, 0.15) is 17.3 Å². The first-order valence-corrected chi connectivity index (χ1v) is 10.1. The fraction of sp³-hybridized carbons (Fsp3) is 0.200. The molecule has 0 aromatic heterocycles. The summed E-state index contributed by atoms with van der Waals surface area (Å²) in [6, 6.07) is 17.6. The molecule has 0 spiro atoms. The van der Waals surface area contributed by atoms with Crippen molar-refractivity contribution in [3.8, 4) is 11.5 Å². The minimum atomic E-state index is -0.396. The molecular weight excluding hydrogens is 411 g/mol. The number of rotatable bonds is 8. The van der Waals surface area contributed by atoms with Gasteiger partial charge in [0.15, 0.2) is 0 Å². The van der Waals surface area contributed by atoms with Crippen LogP contribution in [0.15, 0.2) is 66.7 Å². The number of amides is 2. The average Bonchev–Trinajstić information content (AvgIpc) is 2.80. The molecule has 6 nitrogen and oxygen atoms in total. The fourth-order valence-electron chi connectivity index (χ4n) is 3.21. The molecular formula is C25H25FN2O4. The van der Waals surface area contributed by atoms with Crippen molar-refractivity contribution in [1.29, 1.82) is 0 Å². The van der Waals surface area contributed by atoms with E-state index in [9.17, 15) is 14.0 Å². The highest BCUT2D eigenvalue weighted by Crippen LogP contribution is 2.25. The minimum Gasteiger partial charge on any atom is -0.497 e. The van der Waals surface area contributed by atoms with E-state index in [-0.39, 0.29) is 24.3 Å². The molecule has 0 saturated heterocycles. The van der Waals surface area contributed by atoms with E-state index in [0.717, 1.165) is 11.1 Å². The second-order valence-electron chi connectivity index (χ2n) is 7.23. The molecule has 7 heteroatoms. The van der Waals surface area contributed by atoms with Gasteiger partial charge in [-0.3, -0.25) is 9.59 Å². The summed E-state index contributed by atoms with van der Waals surface area (Å²) < 4.78 is 23.5. The van der Waals surface area contributed by atoms with Crippen LogP contribution in [0.4, 0.5) is 10.1 Å². The Morgan fingerprint density at radius 1 is 0.938 bits per heavy atom. The predicted octanol–water partition coefficient (Wildman–Crippen LogP) is 4.52. The van der Waals surface area contributed by atoms with E-state index in [1.807, 2.05) is 19.1 Å². The van der Waals surface area contributed by atoms with Gasteiger partial charge in [-0.25, -0.2) is 4.39 Å². The first-order valence-electron chi connectivity index (χ1n) is 10.1. The van der Waals surface area contributed by atoms with Crippen molar-refractivity contribution in [2.75, 3.05) is 19.5 Å². The fourth-order valence-corrected chi connectivity index (χ4v) is 3.21. The van der Waals surface area contributed by atoms with Crippen molar-refractivity contribution in [3.63, 3.8) is 0 Å². The summed E-state index contributed by atoms with van der Waals surface area (Å²) >= 11 is 0. The molecule has 2 amide bonds. The van der Waals surface area contributed by atoms with Gasteiger partial charge in [0.25, 0.3) is 5.91 Å². The van der Waals surface area contributed by atoms with Gasteiger partial charge in [0.05, 0.1) is 26.7 Å². The third-order valence-corrected chi connectivity index (χ3v) is 5.00. The van der Waals surface area contributed by atoms with Gasteiger partial charge >= 0.3 is 0 Å². The van der Waals surface area contributed by atoms with Gasteiger partial charge in [-0.2, -0.15) is 0 Å². The largest absolute Gasteiger partial charge is 0.497 e. The summed E-state index contributed by atoms with van der Waals surface area (Å²) in [6.07, 6.45) is 0.170. The van der Waals surface area contributed by atoms with Crippen molar-refractivity contribution < 1.29 is 23.5 Å². The summed E-state index contributed by atoms with van der Waals surface area (Å²) in [7, 11) is 3.12. The second-order valence-corrected chi connectivity index (χ2v) is 7.23. The molecule has 0 saturated carbocycles. The number of ether oxygens (including phenoxy) is 2. The van der Waals surface area contributed by atoms with Crippen LogP contribution in [0.3, 0.4) is 0 Å². The van der Waals surface area contributed by atoms with Crippen LogP contribution < -0.4 is 20.1 Å². The van der Waals surface area contributed by atoms with Crippen LogP contribution in [0.25, 0.3) is 0 Å². The molecule has 0 aliphatic carbocycles. The lowest BCUT2D eigenvalue weighted by Crippen LogP contribution is -2.28. The maximum absolute atomic E-state index is 13.0. The smallest absolute Gasteiger partial charge is 0.255 e. The van der Waals surface area contributed by atoms with Crippen LogP contribution in [-0.2, 0) is 11.2 Å². The molecule has 32 heavy (non-hydrogen) atoms. The number of carbonyl (C=O) groups is 2. The van der Waals surface area contributed by atoms with Gasteiger partial charge in [-0.1, -0.05) is 18.2 Å². The summed E-state index contributed by atoms with van der Waals surface area (Å²) in [5.74, 6) is 0.383. The minimum absolute atomic E-state index is 0.144. The Morgan fingerprint density at radius 3 is 2.25 bits per heavy atom. The average molecular weight is 436 g/mol. The number of benzene rings is 3. The lowest BCUT2D eigenvalue weighted by molar-refractivity contribution is -0.121. The molecule has 1 unspecified atom stereocenters. The number of anilines is 1. The van der Waals surface area contributed by atoms with Crippen LogP contribution in [0.1, 0.15) is 34.5 Å². The molecule has 0 radical (unpaired) electrons. The molecule has 166 valence electrons. The second kappa shape index (κ2) is 10.4. The molecule has 1 atom stereocenters. The molecule has 0 fully saturated rings. The highest BCUT2D eigenvalue weighted by Gasteiger charge is 2.14. The Morgan fingerprint density at radius 2 is 1.62 bits per heavy atom. The van der Waals surface area contributed by atoms with Crippen LogP contribution in [-0.4, -0.2) is 26.0 Å². The van der Waals surface area contributed by atoms with Crippen molar-refractivity contribution in [2.45, 2.75) is 19.4 Å². The number of carbonyl (C=O) groups excluding carboxylic acids is 2. The number of hydrogen-bond donors (Lipinski definition) is 2. The zero-order chi connectivity index (χ0) is 23.1. The summed E-state index contributed by atoms with van der Waals surface area (Å²) in [5.41, 5.74) is 2.62. The SMILES string of the molecule is COc1ccc(CC(=O)NC(C)c2ccc(NC(=O)c3ccc(F)cc3)cc2)c(OC)c1. The molecule has 0 bridgehead atoms. The lowest BCUT2D eigenvalue weighted by Gasteiger charge is -2.16. The maximum atomic E-state index is 13.0. The Bertz CT molecular complexity index is 1080. The van der Waals surface area contributed by atoms with Gasteiger partial charge in [-0.15, -0.1) is 0 Å². The topological polar surface area (TPSA) is 76.7 Å². The molecule has 3 rings (SSSR count).